The zero-order valence-corrected chi connectivity index (χ0v) is 9.10. The molecule has 0 bridgehead atoms. The number of nitrogens with one attached hydrogen (secondary N) is 1. The molecule has 0 amide bonds. The summed E-state index contributed by atoms with van der Waals surface area (Å²) in [5.74, 6) is 0.628. The van der Waals surface area contributed by atoms with Gasteiger partial charge in [-0.05, 0) is 24.6 Å². The number of aromatic amines is 1. The fourth-order valence-corrected chi connectivity index (χ4v) is 1.43. The molecule has 0 saturated carbocycles. The molecule has 0 spiro atoms. The lowest BCUT2D eigenvalue weighted by Crippen LogP contribution is -2.10. The third-order valence-corrected chi connectivity index (χ3v) is 2.12. The number of nitrogens with two attached hydrogens (primary N) is 1. The smallest absolute Gasteiger partial charge is 0.258 e. The average molecular weight is 226 g/mol. The van der Waals surface area contributed by atoms with Crippen molar-refractivity contribution in [2.24, 2.45) is 5.73 Å². The van der Waals surface area contributed by atoms with E-state index in [1.54, 1.807) is 13.0 Å². The van der Waals surface area contributed by atoms with E-state index in [0.717, 1.165) is 5.56 Å². The van der Waals surface area contributed by atoms with Crippen LogP contribution in [0.3, 0.4) is 0 Å². The molecule has 1 aromatic carbocycles. The Morgan fingerprint density at radius 1 is 1.47 bits per heavy atom. The van der Waals surface area contributed by atoms with Crippen molar-refractivity contribution in [2.75, 3.05) is 0 Å². The molecule has 80 valence electrons. The Hall–Kier alpha value is -1.39. The highest BCUT2D eigenvalue weighted by Gasteiger charge is 2.01. The van der Waals surface area contributed by atoms with Crippen LogP contribution in [0.5, 0.6) is 0 Å². The minimum absolute atomic E-state index is 0. The van der Waals surface area contributed by atoms with Crippen LogP contribution in [-0.4, -0.2) is 9.97 Å². The molecule has 1 heterocycles. The van der Waals surface area contributed by atoms with Gasteiger partial charge >= 0.3 is 0 Å². The maximum Gasteiger partial charge on any atom is 0.258 e. The second kappa shape index (κ2) is 4.42. The van der Waals surface area contributed by atoms with Gasteiger partial charge in [0.15, 0.2) is 0 Å². The van der Waals surface area contributed by atoms with Crippen LogP contribution < -0.4 is 11.3 Å². The first-order valence-corrected chi connectivity index (χ1v) is 4.40. The minimum Gasteiger partial charge on any atom is -0.326 e. The van der Waals surface area contributed by atoms with Crippen molar-refractivity contribution in [3.05, 3.63) is 39.9 Å². The summed E-state index contributed by atoms with van der Waals surface area (Å²) in [5, 5.41) is 0.596. The van der Waals surface area contributed by atoms with E-state index in [4.69, 9.17) is 5.73 Å². The largest absolute Gasteiger partial charge is 0.326 e. The molecule has 15 heavy (non-hydrogen) atoms. The number of hydrogen-bond acceptors (Lipinski definition) is 3. The number of nitrogens with zero attached hydrogens (tertiary/aromatic N) is 1. The number of halogens is 1. The standard InChI is InChI=1S/C10H11N3O.ClH/c1-6-12-9-3-2-7(5-11)4-8(9)10(14)13-6;/h2-4H,5,11H2,1H3,(H,12,13,14);1H. The minimum atomic E-state index is -0.109. The highest BCUT2D eigenvalue weighted by molar-refractivity contribution is 5.85. The first-order chi connectivity index (χ1) is 6.70. The summed E-state index contributed by atoms with van der Waals surface area (Å²) in [6.07, 6.45) is 0. The predicted molar refractivity (Wildman–Crippen MR) is 62.2 cm³/mol. The number of aromatic nitrogens is 2. The Balaban J connectivity index is 0.00000112. The highest BCUT2D eigenvalue weighted by atomic mass is 35.5. The van der Waals surface area contributed by atoms with E-state index in [0.29, 0.717) is 23.3 Å². The Morgan fingerprint density at radius 3 is 2.87 bits per heavy atom. The van der Waals surface area contributed by atoms with Crippen LogP contribution in [0, 0.1) is 6.92 Å². The highest BCUT2D eigenvalue weighted by Crippen LogP contribution is 2.09. The lowest BCUT2D eigenvalue weighted by molar-refractivity contribution is 1.05. The van der Waals surface area contributed by atoms with Crippen molar-refractivity contribution < 1.29 is 0 Å². The molecule has 5 heteroatoms. The van der Waals surface area contributed by atoms with Crippen molar-refractivity contribution in [3.63, 3.8) is 0 Å². The number of fused-ring (bicyclic) bond motifs is 1. The summed E-state index contributed by atoms with van der Waals surface area (Å²) in [7, 11) is 0. The van der Waals surface area contributed by atoms with Gasteiger partial charge in [0.2, 0.25) is 0 Å². The molecule has 0 fully saturated rings. The SMILES string of the molecule is Cc1nc2ccc(CN)cc2c(=O)[nH]1.Cl. The van der Waals surface area contributed by atoms with Gasteiger partial charge in [-0.25, -0.2) is 4.98 Å². The van der Waals surface area contributed by atoms with Crippen molar-refractivity contribution in [1.82, 2.24) is 9.97 Å². The summed E-state index contributed by atoms with van der Waals surface area (Å²) >= 11 is 0. The molecule has 3 N–H and O–H groups in total. The van der Waals surface area contributed by atoms with Gasteiger partial charge in [-0.2, -0.15) is 0 Å². The van der Waals surface area contributed by atoms with Crippen LogP contribution >= 0.6 is 12.4 Å². The molecule has 4 nitrogen and oxygen atoms in total. The first kappa shape index (κ1) is 11.7. The summed E-state index contributed by atoms with van der Waals surface area (Å²) in [5.41, 5.74) is 7.03. The van der Waals surface area contributed by atoms with Crippen LogP contribution in [0.25, 0.3) is 10.9 Å². The molecular weight excluding hydrogens is 214 g/mol. The van der Waals surface area contributed by atoms with Crippen LogP contribution in [0.4, 0.5) is 0 Å². The Morgan fingerprint density at radius 2 is 2.20 bits per heavy atom. The molecule has 0 aliphatic heterocycles. The fourth-order valence-electron chi connectivity index (χ4n) is 1.43. The van der Waals surface area contributed by atoms with Gasteiger partial charge in [-0.15, -0.1) is 12.4 Å². The lowest BCUT2D eigenvalue weighted by atomic mass is 10.1. The van der Waals surface area contributed by atoms with E-state index in [-0.39, 0.29) is 18.0 Å². The first-order valence-electron chi connectivity index (χ1n) is 4.40. The molecule has 0 saturated heterocycles. The number of benzene rings is 1. The summed E-state index contributed by atoms with van der Waals surface area (Å²) in [6.45, 7) is 2.20. The number of H-pyrrole nitrogens is 1. The lowest BCUT2D eigenvalue weighted by Gasteiger charge is -2.00. The third kappa shape index (κ3) is 2.16. The van der Waals surface area contributed by atoms with E-state index in [1.165, 1.54) is 0 Å². The molecule has 0 aliphatic rings. The Kier molecular flexibility index (Phi) is 3.44. The molecule has 0 aliphatic carbocycles. The van der Waals surface area contributed by atoms with E-state index >= 15 is 0 Å². The van der Waals surface area contributed by atoms with E-state index in [1.807, 2.05) is 12.1 Å². The van der Waals surface area contributed by atoms with Crippen molar-refractivity contribution in [2.45, 2.75) is 13.5 Å². The summed E-state index contributed by atoms with van der Waals surface area (Å²) in [6, 6.07) is 5.48. The number of hydrogen-bond donors (Lipinski definition) is 2. The second-order valence-corrected chi connectivity index (χ2v) is 3.21. The van der Waals surface area contributed by atoms with Crippen LogP contribution in [0.1, 0.15) is 11.4 Å². The van der Waals surface area contributed by atoms with Gasteiger partial charge in [0, 0.05) is 6.54 Å². The van der Waals surface area contributed by atoms with Gasteiger partial charge in [0.1, 0.15) is 5.82 Å². The van der Waals surface area contributed by atoms with E-state index in [9.17, 15) is 4.79 Å². The molecule has 0 atom stereocenters. The molecule has 2 aromatic rings. The van der Waals surface area contributed by atoms with E-state index < -0.39 is 0 Å². The van der Waals surface area contributed by atoms with Gasteiger partial charge in [-0.3, -0.25) is 4.79 Å². The van der Waals surface area contributed by atoms with Gasteiger partial charge in [0.05, 0.1) is 10.9 Å². The molecule has 0 radical (unpaired) electrons. The van der Waals surface area contributed by atoms with Crippen molar-refractivity contribution in [3.8, 4) is 0 Å². The molecular formula is C10H12ClN3O. The van der Waals surface area contributed by atoms with E-state index in [2.05, 4.69) is 9.97 Å². The third-order valence-electron chi connectivity index (χ3n) is 2.12. The fraction of sp³-hybridized carbons (Fsp3) is 0.200. The number of rotatable bonds is 1. The van der Waals surface area contributed by atoms with Gasteiger partial charge in [-0.1, -0.05) is 6.07 Å². The quantitative estimate of drug-likeness (QED) is 0.764. The molecule has 0 unspecified atom stereocenters. The Bertz CT molecular complexity index is 536. The maximum atomic E-state index is 11.5. The van der Waals surface area contributed by atoms with Crippen LogP contribution in [0.15, 0.2) is 23.0 Å². The van der Waals surface area contributed by atoms with Crippen LogP contribution in [0.2, 0.25) is 0 Å². The van der Waals surface area contributed by atoms with Gasteiger partial charge < -0.3 is 10.7 Å². The Labute approximate surface area is 92.9 Å². The molecule has 2 rings (SSSR count). The van der Waals surface area contributed by atoms with Crippen molar-refractivity contribution in [1.29, 1.82) is 0 Å². The topological polar surface area (TPSA) is 71.8 Å². The summed E-state index contributed by atoms with van der Waals surface area (Å²) < 4.78 is 0. The van der Waals surface area contributed by atoms with Gasteiger partial charge in [0.25, 0.3) is 5.56 Å². The zero-order valence-electron chi connectivity index (χ0n) is 8.28. The summed E-state index contributed by atoms with van der Waals surface area (Å²) in [4.78, 5) is 18.4. The van der Waals surface area contributed by atoms with Crippen LogP contribution in [-0.2, 0) is 6.54 Å². The normalized spacial score (nSPS) is 10.0. The van der Waals surface area contributed by atoms with Crippen molar-refractivity contribution >= 4 is 23.3 Å². The maximum absolute atomic E-state index is 11.5. The average Bonchev–Trinajstić information content (AvgIpc) is 2.17. The predicted octanol–water partition coefficient (Wildman–Crippen LogP) is 1.11. The number of aryl methyl sites for hydroxylation is 1. The monoisotopic (exact) mass is 225 g/mol. The second-order valence-electron chi connectivity index (χ2n) is 3.21. The zero-order chi connectivity index (χ0) is 10.1. The molecule has 1 aromatic heterocycles.